The molecule has 0 fully saturated rings. The highest BCUT2D eigenvalue weighted by Gasteiger charge is 2.11. The number of hydrogen-bond acceptors (Lipinski definition) is 3. The second-order valence-corrected chi connectivity index (χ2v) is 4.92. The number of benzene rings is 1. The summed E-state index contributed by atoms with van der Waals surface area (Å²) in [7, 11) is 0. The van der Waals surface area contributed by atoms with Gasteiger partial charge in [-0.05, 0) is 32.3 Å². The molecule has 0 aliphatic rings. The molecule has 3 heteroatoms. The Labute approximate surface area is 120 Å². The van der Waals surface area contributed by atoms with E-state index >= 15 is 0 Å². The average molecular weight is 267 g/mol. The first-order valence-corrected chi connectivity index (χ1v) is 6.93. The summed E-state index contributed by atoms with van der Waals surface area (Å²) >= 11 is 0. The van der Waals surface area contributed by atoms with Crippen LogP contribution in [0.25, 0.3) is 0 Å². The SMILES string of the molecule is C=CCCC(Nc1cc(C)nc(C)n1)c1ccccc1. The van der Waals surface area contributed by atoms with Crippen LogP contribution in [0, 0.1) is 13.8 Å². The van der Waals surface area contributed by atoms with E-state index in [1.165, 1.54) is 5.56 Å². The lowest BCUT2D eigenvalue weighted by Crippen LogP contribution is -2.12. The lowest BCUT2D eigenvalue weighted by Gasteiger charge is -2.19. The number of hydrogen-bond donors (Lipinski definition) is 1. The first-order chi connectivity index (χ1) is 9.69. The van der Waals surface area contributed by atoms with Crippen LogP contribution < -0.4 is 5.32 Å². The van der Waals surface area contributed by atoms with Crippen LogP contribution >= 0.6 is 0 Å². The Morgan fingerprint density at radius 1 is 1.20 bits per heavy atom. The van der Waals surface area contributed by atoms with Crippen molar-refractivity contribution >= 4 is 5.82 Å². The summed E-state index contributed by atoms with van der Waals surface area (Å²) < 4.78 is 0. The van der Waals surface area contributed by atoms with Gasteiger partial charge in [0.1, 0.15) is 11.6 Å². The van der Waals surface area contributed by atoms with Gasteiger partial charge >= 0.3 is 0 Å². The Balaban J connectivity index is 2.21. The quantitative estimate of drug-likeness (QED) is 0.797. The van der Waals surface area contributed by atoms with Crippen molar-refractivity contribution in [1.29, 1.82) is 0 Å². The van der Waals surface area contributed by atoms with Gasteiger partial charge in [-0.25, -0.2) is 9.97 Å². The third-order valence-electron chi connectivity index (χ3n) is 3.15. The van der Waals surface area contributed by atoms with Crippen LogP contribution in [-0.2, 0) is 0 Å². The molecular formula is C17H21N3. The van der Waals surface area contributed by atoms with E-state index < -0.39 is 0 Å². The summed E-state index contributed by atoms with van der Waals surface area (Å²) in [5, 5.41) is 3.51. The van der Waals surface area contributed by atoms with Gasteiger partial charge in [0.05, 0.1) is 6.04 Å². The fourth-order valence-corrected chi connectivity index (χ4v) is 2.26. The summed E-state index contributed by atoms with van der Waals surface area (Å²) in [5.41, 5.74) is 2.25. The second-order valence-electron chi connectivity index (χ2n) is 4.92. The van der Waals surface area contributed by atoms with Gasteiger partial charge in [-0.1, -0.05) is 36.4 Å². The molecule has 1 unspecified atom stereocenters. The summed E-state index contributed by atoms with van der Waals surface area (Å²) in [4.78, 5) is 8.77. The molecule has 104 valence electrons. The minimum absolute atomic E-state index is 0.239. The number of nitrogens with zero attached hydrogens (tertiary/aromatic N) is 2. The van der Waals surface area contributed by atoms with Gasteiger partial charge in [0.25, 0.3) is 0 Å². The highest BCUT2D eigenvalue weighted by Crippen LogP contribution is 2.23. The predicted molar refractivity (Wildman–Crippen MR) is 83.7 cm³/mol. The zero-order valence-electron chi connectivity index (χ0n) is 12.1. The number of nitrogens with one attached hydrogen (secondary N) is 1. The van der Waals surface area contributed by atoms with Crippen LogP contribution in [0.15, 0.2) is 49.1 Å². The number of anilines is 1. The summed E-state index contributed by atoms with van der Waals surface area (Å²) in [6, 6.07) is 12.7. The summed E-state index contributed by atoms with van der Waals surface area (Å²) in [5.74, 6) is 1.68. The van der Waals surface area contributed by atoms with E-state index in [1.54, 1.807) is 0 Å². The largest absolute Gasteiger partial charge is 0.363 e. The fraction of sp³-hybridized carbons (Fsp3) is 0.294. The molecule has 1 aromatic heterocycles. The highest BCUT2D eigenvalue weighted by molar-refractivity contribution is 5.39. The monoisotopic (exact) mass is 267 g/mol. The minimum atomic E-state index is 0.239. The Morgan fingerprint density at radius 3 is 2.60 bits per heavy atom. The van der Waals surface area contributed by atoms with Gasteiger partial charge in [-0.15, -0.1) is 6.58 Å². The topological polar surface area (TPSA) is 37.8 Å². The first kappa shape index (κ1) is 14.3. The molecule has 2 aromatic rings. The maximum atomic E-state index is 4.46. The molecule has 0 saturated carbocycles. The summed E-state index contributed by atoms with van der Waals surface area (Å²) in [6.45, 7) is 7.71. The minimum Gasteiger partial charge on any atom is -0.363 e. The van der Waals surface area contributed by atoms with Crippen LogP contribution in [0.1, 0.15) is 36.0 Å². The third-order valence-corrected chi connectivity index (χ3v) is 3.15. The number of aromatic nitrogens is 2. The van der Waals surface area contributed by atoms with Gasteiger partial charge in [0.2, 0.25) is 0 Å². The van der Waals surface area contributed by atoms with Crippen molar-refractivity contribution in [3.63, 3.8) is 0 Å². The molecule has 20 heavy (non-hydrogen) atoms. The van der Waals surface area contributed by atoms with Crippen LogP contribution in [0.3, 0.4) is 0 Å². The zero-order valence-corrected chi connectivity index (χ0v) is 12.1. The van der Waals surface area contributed by atoms with E-state index in [2.05, 4.69) is 46.1 Å². The van der Waals surface area contributed by atoms with Crippen molar-refractivity contribution < 1.29 is 0 Å². The highest BCUT2D eigenvalue weighted by atomic mass is 15.0. The second kappa shape index (κ2) is 6.85. The van der Waals surface area contributed by atoms with Gasteiger partial charge in [0.15, 0.2) is 0 Å². The van der Waals surface area contributed by atoms with Crippen molar-refractivity contribution in [2.45, 2.75) is 32.7 Å². The lowest BCUT2D eigenvalue weighted by molar-refractivity contribution is 0.700. The van der Waals surface area contributed by atoms with E-state index in [9.17, 15) is 0 Å². The van der Waals surface area contributed by atoms with Crippen molar-refractivity contribution in [1.82, 2.24) is 9.97 Å². The molecule has 0 aliphatic heterocycles. The molecule has 1 N–H and O–H groups in total. The molecule has 0 radical (unpaired) electrons. The number of allylic oxidation sites excluding steroid dienone is 1. The Morgan fingerprint density at radius 2 is 1.95 bits per heavy atom. The van der Waals surface area contributed by atoms with E-state index in [4.69, 9.17) is 0 Å². The molecule has 0 bridgehead atoms. The summed E-state index contributed by atoms with van der Waals surface area (Å²) in [6.07, 6.45) is 3.92. The van der Waals surface area contributed by atoms with E-state index in [-0.39, 0.29) is 6.04 Å². The van der Waals surface area contributed by atoms with Crippen molar-refractivity contribution in [2.75, 3.05) is 5.32 Å². The fourth-order valence-electron chi connectivity index (χ4n) is 2.26. The first-order valence-electron chi connectivity index (χ1n) is 6.93. The molecule has 1 atom stereocenters. The smallest absolute Gasteiger partial charge is 0.130 e. The molecule has 2 rings (SSSR count). The molecule has 1 aromatic carbocycles. The van der Waals surface area contributed by atoms with Gasteiger partial charge in [-0.3, -0.25) is 0 Å². The lowest BCUT2D eigenvalue weighted by atomic mass is 10.0. The molecule has 0 amide bonds. The van der Waals surface area contributed by atoms with Crippen LogP contribution in [0.2, 0.25) is 0 Å². The molecular weight excluding hydrogens is 246 g/mol. The van der Waals surface area contributed by atoms with Gasteiger partial charge < -0.3 is 5.32 Å². The number of aryl methyl sites for hydroxylation is 2. The normalized spacial score (nSPS) is 11.9. The van der Waals surface area contributed by atoms with Gasteiger partial charge in [0, 0.05) is 11.8 Å². The maximum absolute atomic E-state index is 4.46. The van der Waals surface area contributed by atoms with Gasteiger partial charge in [-0.2, -0.15) is 0 Å². The van der Waals surface area contributed by atoms with Crippen LogP contribution in [0.4, 0.5) is 5.82 Å². The maximum Gasteiger partial charge on any atom is 0.130 e. The molecule has 3 nitrogen and oxygen atoms in total. The Hall–Kier alpha value is -2.16. The van der Waals surface area contributed by atoms with E-state index in [0.29, 0.717) is 0 Å². The standard InChI is InChI=1S/C17H21N3/c1-4-5-11-16(15-9-7-6-8-10-15)20-17-12-13(2)18-14(3)19-17/h4,6-10,12,16H,1,5,11H2,2-3H3,(H,18,19,20). The van der Waals surface area contributed by atoms with E-state index in [0.717, 1.165) is 30.2 Å². The van der Waals surface area contributed by atoms with Crippen molar-refractivity contribution in [3.05, 3.63) is 66.1 Å². The molecule has 0 saturated heterocycles. The zero-order chi connectivity index (χ0) is 14.4. The average Bonchev–Trinajstić information content (AvgIpc) is 2.43. The van der Waals surface area contributed by atoms with Crippen molar-refractivity contribution in [2.24, 2.45) is 0 Å². The predicted octanol–water partition coefficient (Wildman–Crippen LogP) is 4.21. The third kappa shape index (κ3) is 3.92. The molecule has 0 aliphatic carbocycles. The Bertz CT molecular complexity index is 543. The molecule has 0 spiro atoms. The van der Waals surface area contributed by atoms with Crippen molar-refractivity contribution in [3.8, 4) is 0 Å². The molecule has 1 heterocycles. The van der Waals surface area contributed by atoms with Crippen LogP contribution in [0.5, 0.6) is 0 Å². The van der Waals surface area contributed by atoms with E-state index in [1.807, 2.05) is 32.1 Å². The number of rotatable bonds is 6. The Kier molecular flexibility index (Phi) is 4.88. The van der Waals surface area contributed by atoms with Crippen LogP contribution in [-0.4, -0.2) is 9.97 Å².